The van der Waals surface area contributed by atoms with Crippen molar-refractivity contribution in [2.24, 2.45) is 0 Å². The van der Waals surface area contributed by atoms with Crippen LogP contribution in [0.1, 0.15) is 16.7 Å². The molecule has 4 rings (SSSR count). The number of benzene rings is 3. The fourth-order valence-corrected chi connectivity index (χ4v) is 3.32. The Labute approximate surface area is 172 Å². The molecule has 1 aromatic heterocycles. The predicted molar refractivity (Wildman–Crippen MR) is 115 cm³/mol. The Morgan fingerprint density at radius 1 is 1.10 bits per heavy atom. The van der Waals surface area contributed by atoms with Crippen LogP contribution in [0.15, 0.2) is 81.5 Å². The highest BCUT2D eigenvalue weighted by atomic mass is 16.5. The summed E-state index contributed by atoms with van der Waals surface area (Å²) in [7, 11) is 0. The maximum absolute atomic E-state index is 12.5. The van der Waals surface area contributed by atoms with Crippen molar-refractivity contribution < 1.29 is 13.9 Å². The quantitative estimate of drug-likeness (QED) is 0.161. The lowest BCUT2D eigenvalue weighted by Gasteiger charge is -2.09. The number of hydrogen-bond acceptors (Lipinski definition) is 5. The standard InChI is InChI=1S/C25H17NO4/c1-16-6-8-17(9-7-16)12-19(14-26)25(28)29-15-20-13-23(27)30-22-11-10-18-4-2-3-5-21(18)24(20)22/h2-13H,15H2,1H3/b19-12+. The lowest BCUT2D eigenvalue weighted by molar-refractivity contribution is -0.139. The molecule has 0 aliphatic carbocycles. The summed E-state index contributed by atoms with van der Waals surface area (Å²) in [6.07, 6.45) is 1.48. The molecule has 0 unspecified atom stereocenters. The monoisotopic (exact) mass is 395 g/mol. The Kier molecular flexibility index (Phi) is 5.15. The molecule has 30 heavy (non-hydrogen) atoms. The molecule has 0 radical (unpaired) electrons. The van der Waals surface area contributed by atoms with E-state index in [1.54, 1.807) is 6.07 Å². The van der Waals surface area contributed by atoms with Crippen LogP contribution < -0.4 is 5.63 Å². The highest BCUT2D eigenvalue weighted by Crippen LogP contribution is 2.28. The molecule has 1 heterocycles. The lowest BCUT2D eigenvalue weighted by atomic mass is 10.0. The van der Waals surface area contributed by atoms with E-state index >= 15 is 0 Å². The van der Waals surface area contributed by atoms with E-state index in [0.29, 0.717) is 16.5 Å². The van der Waals surface area contributed by atoms with Gasteiger partial charge in [-0.15, -0.1) is 0 Å². The third kappa shape index (κ3) is 3.85. The van der Waals surface area contributed by atoms with Gasteiger partial charge in [-0.25, -0.2) is 9.59 Å². The van der Waals surface area contributed by atoms with E-state index in [1.807, 2.05) is 67.6 Å². The predicted octanol–water partition coefficient (Wildman–Crippen LogP) is 4.91. The molecule has 0 atom stereocenters. The highest BCUT2D eigenvalue weighted by molar-refractivity contribution is 6.07. The number of hydrogen-bond donors (Lipinski definition) is 0. The molecule has 3 aromatic carbocycles. The van der Waals surface area contributed by atoms with Crippen LogP contribution in [-0.4, -0.2) is 5.97 Å². The molecule has 0 saturated heterocycles. The van der Waals surface area contributed by atoms with Crippen LogP contribution in [0.4, 0.5) is 0 Å². The zero-order valence-corrected chi connectivity index (χ0v) is 16.2. The van der Waals surface area contributed by atoms with Crippen molar-refractivity contribution in [3.05, 3.63) is 99.4 Å². The van der Waals surface area contributed by atoms with E-state index in [1.165, 1.54) is 12.1 Å². The number of carbonyl (C=O) groups is 1. The summed E-state index contributed by atoms with van der Waals surface area (Å²) in [5.41, 5.74) is 2.11. The van der Waals surface area contributed by atoms with Crippen LogP contribution >= 0.6 is 0 Å². The molecular formula is C25H17NO4. The van der Waals surface area contributed by atoms with E-state index in [4.69, 9.17) is 9.15 Å². The van der Waals surface area contributed by atoms with Crippen molar-refractivity contribution in [2.75, 3.05) is 0 Å². The van der Waals surface area contributed by atoms with Gasteiger partial charge in [0.05, 0.1) is 0 Å². The summed E-state index contributed by atoms with van der Waals surface area (Å²) in [5, 5.41) is 12.0. The average Bonchev–Trinajstić information content (AvgIpc) is 2.76. The van der Waals surface area contributed by atoms with Crippen LogP contribution in [0.3, 0.4) is 0 Å². The van der Waals surface area contributed by atoms with Gasteiger partial charge in [-0.1, -0.05) is 60.2 Å². The second-order valence-corrected chi connectivity index (χ2v) is 6.91. The average molecular weight is 395 g/mol. The molecule has 0 fully saturated rings. The van der Waals surface area contributed by atoms with Crippen molar-refractivity contribution in [3.8, 4) is 6.07 Å². The minimum atomic E-state index is -0.750. The molecule has 0 aliphatic heterocycles. The first kappa shape index (κ1) is 19.2. The Hall–Kier alpha value is -4.17. The smallest absolute Gasteiger partial charge is 0.349 e. The molecule has 5 heteroatoms. The molecular weight excluding hydrogens is 378 g/mol. The number of esters is 1. The van der Waals surface area contributed by atoms with E-state index in [9.17, 15) is 14.9 Å². The number of fused-ring (bicyclic) bond motifs is 3. The Bertz CT molecular complexity index is 1390. The molecule has 0 bridgehead atoms. The first-order valence-corrected chi connectivity index (χ1v) is 9.35. The van der Waals surface area contributed by atoms with Gasteiger partial charge in [0, 0.05) is 17.0 Å². The molecule has 0 aliphatic rings. The summed E-state index contributed by atoms with van der Waals surface area (Å²) in [5.74, 6) is -0.750. The summed E-state index contributed by atoms with van der Waals surface area (Å²) in [4.78, 5) is 24.5. The Balaban J connectivity index is 1.66. The minimum Gasteiger partial charge on any atom is -0.457 e. The van der Waals surface area contributed by atoms with Crippen molar-refractivity contribution in [1.82, 2.24) is 0 Å². The van der Waals surface area contributed by atoms with Crippen LogP contribution in [0.25, 0.3) is 27.8 Å². The van der Waals surface area contributed by atoms with Crippen molar-refractivity contribution in [1.29, 1.82) is 5.26 Å². The maximum atomic E-state index is 12.5. The van der Waals surface area contributed by atoms with Gasteiger partial charge in [0.15, 0.2) is 0 Å². The van der Waals surface area contributed by atoms with E-state index in [2.05, 4.69) is 0 Å². The zero-order chi connectivity index (χ0) is 21.1. The Morgan fingerprint density at radius 3 is 2.63 bits per heavy atom. The SMILES string of the molecule is Cc1ccc(/C=C(\C#N)C(=O)OCc2cc(=O)oc3ccc4ccccc4c23)cc1. The fraction of sp³-hybridized carbons (Fsp3) is 0.0800. The Morgan fingerprint density at radius 2 is 1.87 bits per heavy atom. The fourth-order valence-electron chi connectivity index (χ4n) is 3.32. The highest BCUT2D eigenvalue weighted by Gasteiger charge is 2.14. The molecule has 146 valence electrons. The van der Waals surface area contributed by atoms with Crippen LogP contribution in [0, 0.1) is 18.3 Å². The van der Waals surface area contributed by atoms with Crippen LogP contribution in [0.2, 0.25) is 0 Å². The first-order chi connectivity index (χ1) is 14.5. The first-order valence-electron chi connectivity index (χ1n) is 9.35. The van der Waals surface area contributed by atoms with Crippen molar-refractivity contribution in [3.63, 3.8) is 0 Å². The number of nitrogens with zero attached hydrogens (tertiary/aromatic N) is 1. The summed E-state index contributed by atoms with van der Waals surface area (Å²) < 4.78 is 10.7. The minimum absolute atomic E-state index is 0.115. The topological polar surface area (TPSA) is 80.3 Å². The van der Waals surface area contributed by atoms with Gasteiger partial charge >= 0.3 is 11.6 Å². The van der Waals surface area contributed by atoms with Gasteiger partial charge < -0.3 is 9.15 Å². The molecule has 5 nitrogen and oxygen atoms in total. The second-order valence-electron chi connectivity index (χ2n) is 6.91. The summed E-state index contributed by atoms with van der Waals surface area (Å²) in [6.45, 7) is 1.80. The van der Waals surface area contributed by atoms with Gasteiger partial charge in [0.1, 0.15) is 23.8 Å². The zero-order valence-electron chi connectivity index (χ0n) is 16.2. The normalized spacial score (nSPS) is 11.4. The van der Waals surface area contributed by atoms with Gasteiger partial charge in [-0.3, -0.25) is 0 Å². The van der Waals surface area contributed by atoms with E-state index in [-0.39, 0.29) is 12.2 Å². The van der Waals surface area contributed by atoms with Crippen molar-refractivity contribution in [2.45, 2.75) is 13.5 Å². The maximum Gasteiger partial charge on any atom is 0.349 e. The van der Waals surface area contributed by atoms with Gasteiger partial charge in [-0.2, -0.15) is 5.26 Å². The summed E-state index contributed by atoms with van der Waals surface area (Å²) in [6, 6.07) is 21.9. The number of ether oxygens (including phenoxy) is 1. The molecule has 0 N–H and O–H groups in total. The second kappa shape index (κ2) is 8.06. The lowest BCUT2D eigenvalue weighted by Crippen LogP contribution is -2.09. The number of nitriles is 1. The van der Waals surface area contributed by atoms with Crippen molar-refractivity contribution >= 4 is 33.8 Å². The molecule has 0 amide bonds. The summed E-state index contributed by atoms with van der Waals surface area (Å²) >= 11 is 0. The third-order valence-corrected chi connectivity index (χ3v) is 4.80. The van der Waals surface area contributed by atoms with Gasteiger partial charge in [0.25, 0.3) is 0 Å². The third-order valence-electron chi connectivity index (χ3n) is 4.80. The number of rotatable bonds is 4. The number of carbonyl (C=O) groups excluding carboxylic acids is 1. The van der Waals surface area contributed by atoms with Crippen LogP contribution in [-0.2, 0) is 16.1 Å². The molecule has 0 spiro atoms. The van der Waals surface area contributed by atoms with E-state index in [0.717, 1.165) is 21.9 Å². The number of aryl methyl sites for hydroxylation is 1. The van der Waals surface area contributed by atoms with Gasteiger partial charge in [0.2, 0.25) is 0 Å². The largest absolute Gasteiger partial charge is 0.457 e. The van der Waals surface area contributed by atoms with Gasteiger partial charge in [-0.05, 0) is 35.4 Å². The van der Waals surface area contributed by atoms with Crippen LogP contribution in [0.5, 0.6) is 0 Å². The molecule has 4 aromatic rings. The molecule has 0 saturated carbocycles. The van der Waals surface area contributed by atoms with E-state index < -0.39 is 11.6 Å².